The van der Waals surface area contributed by atoms with Gasteiger partial charge < -0.3 is 5.32 Å². The number of nitrogens with zero attached hydrogens (tertiary/aromatic N) is 4. The summed E-state index contributed by atoms with van der Waals surface area (Å²) in [6.07, 6.45) is 9.59. The lowest BCUT2D eigenvalue weighted by Crippen LogP contribution is -2.28. The largest absolute Gasteiger partial charge is 0.324 e. The first-order chi connectivity index (χ1) is 9.29. The van der Waals surface area contributed by atoms with Crippen molar-refractivity contribution in [3.63, 3.8) is 0 Å². The van der Waals surface area contributed by atoms with Gasteiger partial charge in [0.2, 0.25) is 5.91 Å². The van der Waals surface area contributed by atoms with Crippen molar-refractivity contribution in [3.05, 3.63) is 31.0 Å². The van der Waals surface area contributed by atoms with Crippen LogP contribution in [-0.2, 0) is 4.79 Å². The number of hydrogen-bond acceptors (Lipinski definition) is 5. The summed E-state index contributed by atoms with van der Waals surface area (Å²) >= 11 is 0. The Labute approximate surface area is 110 Å². The van der Waals surface area contributed by atoms with Crippen molar-refractivity contribution in [3.8, 4) is 18.2 Å². The predicted octanol–water partition coefficient (Wildman–Crippen LogP) is -0.176. The Morgan fingerprint density at radius 3 is 3.00 bits per heavy atom. The van der Waals surface area contributed by atoms with Crippen LogP contribution in [0.4, 0.5) is 5.69 Å². The minimum absolute atomic E-state index is 0.162. The Bertz CT molecular complexity index is 569. The zero-order valence-electron chi connectivity index (χ0n) is 10.1. The molecule has 1 amide bonds. The van der Waals surface area contributed by atoms with Gasteiger partial charge in [-0.15, -0.1) is 6.42 Å². The molecule has 0 aliphatic carbocycles. The molecule has 0 atom stereocenters. The zero-order valence-corrected chi connectivity index (χ0v) is 10.1. The third kappa shape index (κ3) is 3.62. The fourth-order valence-corrected chi connectivity index (χ4v) is 1.38. The molecular weight excluding hydrogens is 244 g/mol. The summed E-state index contributed by atoms with van der Waals surface area (Å²) in [7, 11) is 0. The molecule has 2 rings (SSSR count). The van der Waals surface area contributed by atoms with Crippen molar-refractivity contribution in [2.24, 2.45) is 0 Å². The van der Waals surface area contributed by atoms with Crippen LogP contribution >= 0.6 is 0 Å². The summed E-state index contributed by atoms with van der Waals surface area (Å²) < 4.78 is 1.53. The Morgan fingerprint density at radius 1 is 1.47 bits per heavy atom. The molecule has 0 aliphatic heterocycles. The average molecular weight is 256 g/mol. The van der Waals surface area contributed by atoms with Gasteiger partial charge >= 0.3 is 0 Å². The average Bonchev–Trinajstić information content (AvgIpc) is 2.94. The monoisotopic (exact) mass is 256 g/mol. The molecule has 0 saturated carbocycles. The van der Waals surface area contributed by atoms with E-state index >= 15 is 0 Å². The molecule has 0 unspecified atom stereocenters. The van der Waals surface area contributed by atoms with Crippen molar-refractivity contribution in [1.82, 2.24) is 25.1 Å². The summed E-state index contributed by atoms with van der Waals surface area (Å²) in [5.74, 6) is 2.84. The van der Waals surface area contributed by atoms with Crippen LogP contribution < -0.4 is 10.6 Å². The van der Waals surface area contributed by atoms with Gasteiger partial charge in [-0.05, 0) is 12.1 Å². The molecule has 2 aromatic heterocycles. The second-order valence-corrected chi connectivity index (χ2v) is 3.60. The molecular formula is C12H12N6O. The van der Waals surface area contributed by atoms with Crippen molar-refractivity contribution >= 4 is 11.6 Å². The highest BCUT2D eigenvalue weighted by Gasteiger charge is 2.03. The van der Waals surface area contributed by atoms with Crippen LogP contribution in [0.5, 0.6) is 0 Å². The van der Waals surface area contributed by atoms with Gasteiger partial charge in [-0.25, -0.2) is 14.6 Å². The third-order valence-corrected chi connectivity index (χ3v) is 2.20. The highest BCUT2D eigenvalue weighted by Crippen LogP contribution is 2.08. The van der Waals surface area contributed by atoms with Crippen LogP contribution in [0, 0.1) is 12.3 Å². The number of carbonyl (C=O) groups excluding carboxylic acids is 1. The molecule has 2 aromatic rings. The quantitative estimate of drug-likeness (QED) is 0.573. The van der Waals surface area contributed by atoms with Gasteiger partial charge in [-0.3, -0.25) is 10.1 Å². The molecule has 19 heavy (non-hydrogen) atoms. The Balaban J connectivity index is 1.92. The van der Waals surface area contributed by atoms with Crippen molar-refractivity contribution in [1.29, 1.82) is 0 Å². The number of anilines is 1. The van der Waals surface area contributed by atoms with Crippen LogP contribution in [0.2, 0.25) is 0 Å². The highest BCUT2D eigenvalue weighted by molar-refractivity contribution is 5.92. The first-order valence-electron chi connectivity index (χ1n) is 5.54. The molecule has 2 heterocycles. The zero-order chi connectivity index (χ0) is 13.5. The first-order valence-corrected chi connectivity index (χ1v) is 5.54. The van der Waals surface area contributed by atoms with E-state index in [1.165, 1.54) is 11.0 Å². The SMILES string of the molecule is C#CCNCC(=O)Nc1ccc(-n2cncn2)nc1. The Morgan fingerprint density at radius 2 is 2.37 bits per heavy atom. The molecule has 96 valence electrons. The maximum absolute atomic E-state index is 11.5. The third-order valence-electron chi connectivity index (χ3n) is 2.20. The summed E-state index contributed by atoms with van der Waals surface area (Å²) in [5.41, 5.74) is 0.608. The van der Waals surface area contributed by atoms with E-state index in [2.05, 4.69) is 31.6 Å². The summed E-state index contributed by atoms with van der Waals surface area (Å²) in [6.45, 7) is 0.520. The van der Waals surface area contributed by atoms with E-state index in [0.29, 0.717) is 18.1 Å². The number of pyridine rings is 1. The van der Waals surface area contributed by atoms with Gasteiger partial charge in [-0.2, -0.15) is 5.10 Å². The molecule has 0 saturated heterocycles. The fraction of sp³-hybridized carbons (Fsp3) is 0.167. The van der Waals surface area contributed by atoms with Gasteiger partial charge in [0.15, 0.2) is 5.82 Å². The number of hydrogen-bond donors (Lipinski definition) is 2. The van der Waals surface area contributed by atoms with E-state index in [1.807, 2.05) is 0 Å². The van der Waals surface area contributed by atoms with E-state index in [-0.39, 0.29) is 12.5 Å². The number of aromatic nitrogens is 4. The lowest BCUT2D eigenvalue weighted by atomic mass is 10.4. The lowest BCUT2D eigenvalue weighted by Gasteiger charge is -2.05. The van der Waals surface area contributed by atoms with Gasteiger partial charge in [-0.1, -0.05) is 5.92 Å². The van der Waals surface area contributed by atoms with E-state index in [4.69, 9.17) is 6.42 Å². The second kappa shape index (κ2) is 6.28. The topological polar surface area (TPSA) is 84.7 Å². The smallest absolute Gasteiger partial charge is 0.238 e. The summed E-state index contributed by atoms with van der Waals surface area (Å²) in [4.78, 5) is 19.5. The van der Waals surface area contributed by atoms with Crippen molar-refractivity contribution < 1.29 is 4.79 Å². The van der Waals surface area contributed by atoms with Crippen LogP contribution in [0.25, 0.3) is 5.82 Å². The standard InChI is InChI=1S/C12H12N6O/c1-2-5-13-7-12(19)17-10-3-4-11(15-6-10)18-9-14-8-16-18/h1,3-4,6,8-9,13H,5,7H2,(H,17,19). The summed E-state index contributed by atoms with van der Waals surface area (Å²) in [6, 6.07) is 3.47. The number of nitrogens with one attached hydrogen (secondary N) is 2. The van der Waals surface area contributed by atoms with Gasteiger partial charge in [0, 0.05) is 0 Å². The van der Waals surface area contributed by atoms with E-state index in [1.54, 1.807) is 24.7 Å². The van der Waals surface area contributed by atoms with Crippen LogP contribution in [0.1, 0.15) is 0 Å². The van der Waals surface area contributed by atoms with Gasteiger partial charge in [0.05, 0.1) is 25.0 Å². The van der Waals surface area contributed by atoms with Gasteiger partial charge in [0.1, 0.15) is 12.7 Å². The van der Waals surface area contributed by atoms with Crippen molar-refractivity contribution in [2.45, 2.75) is 0 Å². The minimum Gasteiger partial charge on any atom is -0.324 e. The molecule has 0 aromatic carbocycles. The molecule has 0 fully saturated rings. The Hall–Kier alpha value is -2.72. The molecule has 2 N–H and O–H groups in total. The molecule has 0 aliphatic rings. The second-order valence-electron chi connectivity index (χ2n) is 3.60. The normalized spacial score (nSPS) is 9.84. The van der Waals surface area contributed by atoms with E-state index in [9.17, 15) is 4.79 Å². The molecule has 7 heteroatoms. The van der Waals surface area contributed by atoms with Crippen LogP contribution in [0.15, 0.2) is 31.0 Å². The lowest BCUT2D eigenvalue weighted by molar-refractivity contribution is -0.115. The first kappa shape index (κ1) is 12.7. The number of rotatable bonds is 5. The fourth-order valence-electron chi connectivity index (χ4n) is 1.38. The minimum atomic E-state index is -0.175. The molecule has 0 bridgehead atoms. The summed E-state index contributed by atoms with van der Waals surface area (Å²) in [5, 5.41) is 9.45. The maximum Gasteiger partial charge on any atom is 0.238 e. The highest BCUT2D eigenvalue weighted by atomic mass is 16.1. The van der Waals surface area contributed by atoms with Crippen LogP contribution in [-0.4, -0.2) is 38.7 Å². The molecule has 7 nitrogen and oxygen atoms in total. The van der Waals surface area contributed by atoms with E-state index < -0.39 is 0 Å². The van der Waals surface area contributed by atoms with Crippen molar-refractivity contribution in [2.75, 3.05) is 18.4 Å². The van der Waals surface area contributed by atoms with Gasteiger partial charge in [0.25, 0.3) is 0 Å². The predicted molar refractivity (Wildman–Crippen MR) is 69.5 cm³/mol. The van der Waals surface area contributed by atoms with E-state index in [0.717, 1.165) is 0 Å². The number of terminal acetylenes is 1. The molecule has 0 radical (unpaired) electrons. The van der Waals surface area contributed by atoms with Crippen LogP contribution in [0.3, 0.4) is 0 Å². The Kier molecular flexibility index (Phi) is 4.21. The molecule has 0 spiro atoms. The number of amides is 1. The maximum atomic E-state index is 11.5. The number of carbonyl (C=O) groups is 1.